The molecule has 92 valence electrons. The zero-order chi connectivity index (χ0) is 13.1. The molecule has 0 aliphatic rings. The topological polar surface area (TPSA) is 61.6 Å². The van der Waals surface area contributed by atoms with E-state index in [1.165, 1.54) is 4.68 Å². The van der Waals surface area contributed by atoms with Gasteiger partial charge in [-0.3, -0.25) is 9.89 Å². The summed E-state index contributed by atoms with van der Waals surface area (Å²) in [6.45, 7) is 2.06. The molecule has 2 aromatic rings. The molecule has 0 saturated heterocycles. The molecule has 1 aromatic carbocycles. The fourth-order valence-electron chi connectivity index (χ4n) is 1.74. The van der Waals surface area contributed by atoms with Crippen LogP contribution >= 0.6 is 15.9 Å². The van der Waals surface area contributed by atoms with Crippen LogP contribution in [-0.4, -0.2) is 9.78 Å². The summed E-state index contributed by atoms with van der Waals surface area (Å²) in [6, 6.07) is 8.93. The molecule has 0 aliphatic carbocycles. The predicted molar refractivity (Wildman–Crippen MR) is 72.8 cm³/mol. The summed E-state index contributed by atoms with van der Waals surface area (Å²) in [5.41, 5.74) is 2.09. The highest BCUT2D eigenvalue weighted by Crippen LogP contribution is 2.14. The van der Waals surface area contributed by atoms with Gasteiger partial charge in [-0.2, -0.15) is 5.26 Å². The second-order valence-electron chi connectivity index (χ2n) is 3.95. The van der Waals surface area contributed by atoms with Gasteiger partial charge in [-0.05, 0) is 46.6 Å². The molecule has 0 aliphatic heterocycles. The standard InChI is InChI=1S/C13H12BrN3O/c1-2-3-11-12(14)13(18)17(16-11)10-6-4-9(8-15)5-7-10/h4-7,16H,2-3H2,1H3. The number of aromatic nitrogens is 2. The van der Waals surface area contributed by atoms with Crippen LogP contribution in [0.25, 0.3) is 5.69 Å². The number of benzene rings is 1. The summed E-state index contributed by atoms with van der Waals surface area (Å²) < 4.78 is 2.06. The van der Waals surface area contributed by atoms with Crippen LogP contribution in [0.3, 0.4) is 0 Å². The summed E-state index contributed by atoms with van der Waals surface area (Å²) in [5, 5.41) is 11.8. The Labute approximate surface area is 113 Å². The molecule has 1 aromatic heterocycles. The third-order valence-electron chi connectivity index (χ3n) is 2.66. The highest BCUT2D eigenvalue weighted by molar-refractivity contribution is 9.10. The Hall–Kier alpha value is -1.80. The van der Waals surface area contributed by atoms with Gasteiger partial charge in [0.15, 0.2) is 0 Å². The molecule has 0 amide bonds. The largest absolute Gasteiger partial charge is 0.294 e. The average molecular weight is 306 g/mol. The van der Waals surface area contributed by atoms with Crippen molar-refractivity contribution in [2.45, 2.75) is 19.8 Å². The molecular formula is C13H12BrN3O. The number of halogens is 1. The zero-order valence-corrected chi connectivity index (χ0v) is 11.5. The number of nitriles is 1. The Bertz CT molecular complexity index is 646. The SMILES string of the molecule is CCCc1[nH]n(-c2ccc(C#N)cc2)c(=O)c1Br. The minimum atomic E-state index is -0.108. The zero-order valence-electron chi connectivity index (χ0n) is 9.90. The number of hydrogen-bond acceptors (Lipinski definition) is 2. The summed E-state index contributed by atoms with van der Waals surface area (Å²) in [6.07, 6.45) is 1.78. The van der Waals surface area contributed by atoms with Crippen LogP contribution in [0.15, 0.2) is 33.5 Å². The van der Waals surface area contributed by atoms with Gasteiger partial charge < -0.3 is 0 Å². The first kappa shape index (κ1) is 12.7. The van der Waals surface area contributed by atoms with Crippen molar-refractivity contribution in [2.24, 2.45) is 0 Å². The van der Waals surface area contributed by atoms with Crippen molar-refractivity contribution in [1.29, 1.82) is 5.26 Å². The van der Waals surface area contributed by atoms with E-state index in [9.17, 15) is 4.79 Å². The van der Waals surface area contributed by atoms with Gasteiger partial charge in [-0.15, -0.1) is 0 Å². The Morgan fingerprint density at radius 2 is 2.06 bits per heavy atom. The molecule has 18 heavy (non-hydrogen) atoms. The second kappa shape index (κ2) is 5.23. The van der Waals surface area contributed by atoms with E-state index >= 15 is 0 Å². The molecule has 0 unspecified atom stereocenters. The van der Waals surface area contributed by atoms with Gasteiger partial charge in [0, 0.05) is 0 Å². The van der Waals surface area contributed by atoms with Crippen molar-refractivity contribution in [1.82, 2.24) is 9.78 Å². The van der Waals surface area contributed by atoms with Crippen LogP contribution < -0.4 is 5.56 Å². The smallest absolute Gasteiger partial charge is 0.285 e. The van der Waals surface area contributed by atoms with Gasteiger partial charge in [0.2, 0.25) is 0 Å². The van der Waals surface area contributed by atoms with Crippen molar-refractivity contribution in [3.05, 3.63) is 50.3 Å². The van der Waals surface area contributed by atoms with E-state index in [2.05, 4.69) is 34.0 Å². The van der Waals surface area contributed by atoms with Crippen molar-refractivity contribution in [3.8, 4) is 11.8 Å². The summed E-state index contributed by atoms with van der Waals surface area (Å²) >= 11 is 3.31. The molecule has 2 rings (SSSR count). The van der Waals surface area contributed by atoms with Gasteiger partial charge in [-0.25, -0.2) is 4.68 Å². The maximum Gasteiger partial charge on any atom is 0.285 e. The molecule has 0 radical (unpaired) electrons. The van der Waals surface area contributed by atoms with E-state index in [4.69, 9.17) is 5.26 Å². The van der Waals surface area contributed by atoms with Gasteiger partial charge in [0.25, 0.3) is 5.56 Å². The molecule has 0 bridgehead atoms. The number of aromatic amines is 1. The van der Waals surface area contributed by atoms with Crippen LogP contribution in [0, 0.1) is 11.3 Å². The molecule has 0 saturated carbocycles. The molecule has 4 nitrogen and oxygen atoms in total. The highest BCUT2D eigenvalue weighted by Gasteiger charge is 2.11. The van der Waals surface area contributed by atoms with Crippen molar-refractivity contribution < 1.29 is 0 Å². The molecule has 1 N–H and O–H groups in total. The molecule has 0 fully saturated rings. The van der Waals surface area contributed by atoms with Crippen LogP contribution in [0.1, 0.15) is 24.6 Å². The normalized spacial score (nSPS) is 10.3. The average Bonchev–Trinajstić information content (AvgIpc) is 2.68. The maximum atomic E-state index is 12.0. The Morgan fingerprint density at radius 1 is 1.39 bits per heavy atom. The van der Waals surface area contributed by atoms with Crippen LogP contribution in [0.4, 0.5) is 0 Å². The first-order chi connectivity index (χ1) is 8.67. The predicted octanol–water partition coefficient (Wildman–Crippen LogP) is 2.75. The maximum absolute atomic E-state index is 12.0. The fraction of sp³-hybridized carbons (Fsp3) is 0.231. The van der Waals surface area contributed by atoms with E-state index in [0.717, 1.165) is 24.2 Å². The molecule has 5 heteroatoms. The lowest BCUT2D eigenvalue weighted by molar-refractivity contribution is 0.793. The van der Waals surface area contributed by atoms with Crippen LogP contribution in [-0.2, 0) is 6.42 Å². The molecule has 0 atom stereocenters. The first-order valence-corrected chi connectivity index (χ1v) is 6.46. The van der Waals surface area contributed by atoms with E-state index < -0.39 is 0 Å². The van der Waals surface area contributed by atoms with E-state index in [-0.39, 0.29) is 5.56 Å². The minimum absolute atomic E-state index is 0.108. The lowest BCUT2D eigenvalue weighted by Crippen LogP contribution is -2.14. The third kappa shape index (κ3) is 2.24. The quantitative estimate of drug-likeness (QED) is 0.948. The number of rotatable bonds is 3. The van der Waals surface area contributed by atoms with Crippen molar-refractivity contribution in [3.63, 3.8) is 0 Å². The van der Waals surface area contributed by atoms with Crippen LogP contribution in [0.5, 0.6) is 0 Å². The first-order valence-electron chi connectivity index (χ1n) is 5.67. The van der Waals surface area contributed by atoms with Gasteiger partial charge in [0.05, 0.1) is 23.0 Å². The number of nitrogens with zero attached hydrogens (tertiary/aromatic N) is 2. The second-order valence-corrected chi connectivity index (χ2v) is 4.75. The molecule has 0 spiro atoms. The van der Waals surface area contributed by atoms with Gasteiger partial charge in [-0.1, -0.05) is 13.3 Å². The minimum Gasteiger partial charge on any atom is -0.294 e. The van der Waals surface area contributed by atoms with E-state index in [0.29, 0.717) is 10.0 Å². The summed E-state index contributed by atoms with van der Waals surface area (Å²) in [7, 11) is 0. The number of aryl methyl sites for hydroxylation is 1. The number of hydrogen-bond donors (Lipinski definition) is 1. The number of H-pyrrole nitrogens is 1. The van der Waals surface area contributed by atoms with Crippen molar-refractivity contribution >= 4 is 15.9 Å². The molecule has 1 heterocycles. The summed E-state index contributed by atoms with van der Waals surface area (Å²) in [5.74, 6) is 0. The Balaban J connectivity index is 2.47. The van der Waals surface area contributed by atoms with E-state index in [1.807, 2.05) is 0 Å². The Kier molecular flexibility index (Phi) is 3.68. The van der Waals surface area contributed by atoms with E-state index in [1.54, 1.807) is 24.3 Å². The highest BCUT2D eigenvalue weighted by atomic mass is 79.9. The third-order valence-corrected chi connectivity index (χ3v) is 3.47. The van der Waals surface area contributed by atoms with Crippen molar-refractivity contribution in [2.75, 3.05) is 0 Å². The summed E-state index contributed by atoms with van der Waals surface area (Å²) in [4.78, 5) is 12.0. The monoisotopic (exact) mass is 305 g/mol. The lowest BCUT2D eigenvalue weighted by Gasteiger charge is -2.01. The lowest BCUT2D eigenvalue weighted by atomic mass is 10.2. The Morgan fingerprint density at radius 3 is 2.61 bits per heavy atom. The fourth-order valence-corrected chi connectivity index (χ4v) is 2.21. The molecular weight excluding hydrogens is 294 g/mol. The number of nitrogens with one attached hydrogen (secondary N) is 1. The van der Waals surface area contributed by atoms with Crippen LogP contribution in [0.2, 0.25) is 0 Å². The van der Waals surface area contributed by atoms with Gasteiger partial charge >= 0.3 is 0 Å². The van der Waals surface area contributed by atoms with Gasteiger partial charge in [0.1, 0.15) is 4.47 Å².